The first-order valence-electron chi connectivity index (χ1n) is 7.89. The van der Waals surface area contributed by atoms with Crippen LogP contribution in [0.2, 0.25) is 4.71 Å². The minimum atomic E-state index is -0.293. The summed E-state index contributed by atoms with van der Waals surface area (Å²) in [6, 6.07) is 5.70. The van der Waals surface area contributed by atoms with E-state index in [0.29, 0.717) is 18.2 Å². The maximum atomic E-state index is 10.6. The number of hydrogen-bond donors (Lipinski definition) is 1. The van der Waals surface area contributed by atoms with E-state index in [9.17, 15) is 5.11 Å². The molecule has 0 amide bonds. The van der Waals surface area contributed by atoms with Crippen molar-refractivity contribution in [2.24, 2.45) is 5.92 Å². The summed E-state index contributed by atoms with van der Waals surface area (Å²) in [5, 5.41) is 10.6. The van der Waals surface area contributed by atoms with Gasteiger partial charge in [0.2, 0.25) is 0 Å². The standard InChI is InChI=1S/C17H23AsN2O2/c1-22-16-7-6-14-17(20-16)12(8-9-19-14)10-15(21)11-2-4-13(18)5-3-11/h6-9,11,13,15,21H,2-5,10,18H2,1H3/t11-,13-,15-/m1/s1. The summed E-state index contributed by atoms with van der Waals surface area (Å²) in [7, 11) is 1.61. The summed E-state index contributed by atoms with van der Waals surface area (Å²) in [5.74, 6) is 1.01. The van der Waals surface area contributed by atoms with E-state index in [4.69, 9.17) is 4.74 Å². The van der Waals surface area contributed by atoms with Gasteiger partial charge in [-0.3, -0.25) is 0 Å². The molecule has 1 fully saturated rings. The molecule has 2 aromatic rings. The molecule has 2 aromatic heterocycles. The Labute approximate surface area is 139 Å². The van der Waals surface area contributed by atoms with Crippen LogP contribution < -0.4 is 4.74 Å². The van der Waals surface area contributed by atoms with E-state index in [2.05, 4.69) is 9.97 Å². The Kier molecular flexibility index (Phi) is 4.99. The molecule has 2 atom stereocenters. The summed E-state index contributed by atoms with van der Waals surface area (Å²) in [6.07, 6.45) is 6.94. The third-order valence-electron chi connectivity index (χ3n) is 4.64. The van der Waals surface area contributed by atoms with Crippen molar-refractivity contribution in [2.45, 2.75) is 42.9 Å². The van der Waals surface area contributed by atoms with Crippen LogP contribution in [-0.4, -0.2) is 45.1 Å². The van der Waals surface area contributed by atoms with E-state index in [-0.39, 0.29) is 6.10 Å². The van der Waals surface area contributed by atoms with Gasteiger partial charge in [0, 0.05) is 0 Å². The van der Waals surface area contributed by atoms with E-state index in [0.717, 1.165) is 34.1 Å². The van der Waals surface area contributed by atoms with Crippen LogP contribution in [0.3, 0.4) is 0 Å². The van der Waals surface area contributed by atoms with Crippen LogP contribution in [0.1, 0.15) is 31.2 Å². The van der Waals surface area contributed by atoms with Gasteiger partial charge in [-0.2, -0.15) is 0 Å². The molecule has 5 heteroatoms. The van der Waals surface area contributed by atoms with Crippen molar-refractivity contribution in [3.05, 3.63) is 30.0 Å². The summed E-state index contributed by atoms with van der Waals surface area (Å²) in [4.78, 5) is 8.86. The van der Waals surface area contributed by atoms with E-state index in [1.807, 2.05) is 35.1 Å². The second-order valence-corrected chi connectivity index (χ2v) is 8.12. The molecule has 0 saturated heterocycles. The molecule has 22 heavy (non-hydrogen) atoms. The van der Waals surface area contributed by atoms with Gasteiger partial charge in [-0.05, 0) is 0 Å². The fourth-order valence-electron chi connectivity index (χ4n) is 3.26. The van der Waals surface area contributed by atoms with Gasteiger partial charge in [0.05, 0.1) is 0 Å². The van der Waals surface area contributed by atoms with Crippen molar-refractivity contribution in [2.75, 3.05) is 7.11 Å². The van der Waals surface area contributed by atoms with Crippen molar-refractivity contribution in [1.82, 2.24) is 9.97 Å². The van der Waals surface area contributed by atoms with E-state index < -0.39 is 0 Å². The SMILES string of the molecule is COc1ccc2nccc(C[C@@H](O)[C@H]3CC[C@H]([AsH2])CC3)c2n1. The average Bonchev–Trinajstić information content (AvgIpc) is 2.55. The summed E-state index contributed by atoms with van der Waals surface area (Å²) in [5.41, 5.74) is 2.75. The predicted octanol–water partition coefficient (Wildman–Crippen LogP) is 2.15. The monoisotopic (exact) mass is 362 g/mol. The molecule has 0 radical (unpaired) electrons. The van der Waals surface area contributed by atoms with Gasteiger partial charge in [0.1, 0.15) is 0 Å². The first kappa shape index (κ1) is 15.8. The molecule has 0 aliphatic heterocycles. The van der Waals surface area contributed by atoms with Crippen molar-refractivity contribution in [3.63, 3.8) is 0 Å². The number of methoxy groups -OCH3 is 1. The van der Waals surface area contributed by atoms with Crippen LogP contribution in [0.5, 0.6) is 5.88 Å². The zero-order valence-electron chi connectivity index (χ0n) is 12.9. The molecule has 0 spiro atoms. The molecular formula is C17H23AsN2O2. The van der Waals surface area contributed by atoms with Crippen molar-refractivity contribution in [1.29, 1.82) is 0 Å². The Morgan fingerprint density at radius 1 is 1.27 bits per heavy atom. The fourth-order valence-corrected chi connectivity index (χ4v) is 4.07. The second-order valence-electron chi connectivity index (χ2n) is 6.14. The van der Waals surface area contributed by atoms with Crippen molar-refractivity contribution >= 4 is 27.9 Å². The van der Waals surface area contributed by atoms with E-state index in [1.54, 1.807) is 13.3 Å². The molecule has 1 unspecified atom stereocenters. The average molecular weight is 362 g/mol. The van der Waals surface area contributed by atoms with Crippen LogP contribution >= 0.6 is 0 Å². The molecule has 1 saturated carbocycles. The molecule has 1 aliphatic carbocycles. The summed E-state index contributed by atoms with van der Waals surface area (Å²) >= 11 is 1.85. The van der Waals surface area contributed by atoms with Crippen LogP contribution in [-0.2, 0) is 6.42 Å². The number of ether oxygens (including phenoxy) is 1. The molecule has 4 nitrogen and oxygen atoms in total. The molecule has 1 aliphatic rings. The maximum absolute atomic E-state index is 10.6. The first-order valence-corrected chi connectivity index (χ1v) is 9.29. The normalized spacial score (nSPS) is 23.4. The Bertz CT molecular complexity index is 642. The van der Waals surface area contributed by atoms with Crippen LogP contribution in [0, 0.1) is 5.92 Å². The van der Waals surface area contributed by atoms with Crippen LogP contribution in [0.15, 0.2) is 24.4 Å². The van der Waals surface area contributed by atoms with Gasteiger partial charge in [0.15, 0.2) is 0 Å². The van der Waals surface area contributed by atoms with Gasteiger partial charge < -0.3 is 0 Å². The zero-order valence-corrected chi connectivity index (χ0v) is 15.3. The molecule has 1 N–H and O–H groups in total. The minimum absolute atomic E-state index is 0.293. The Hall–Kier alpha value is -1.12. The second kappa shape index (κ2) is 6.97. The van der Waals surface area contributed by atoms with E-state index >= 15 is 0 Å². The van der Waals surface area contributed by atoms with Gasteiger partial charge in [-0.15, -0.1) is 0 Å². The summed E-state index contributed by atoms with van der Waals surface area (Å²) in [6.45, 7) is 0. The molecule has 118 valence electrons. The number of nitrogens with zero attached hydrogens (tertiary/aromatic N) is 2. The summed E-state index contributed by atoms with van der Waals surface area (Å²) < 4.78 is 6.08. The molecule has 0 bridgehead atoms. The van der Waals surface area contributed by atoms with Crippen molar-refractivity contribution < 1.29 is 9.84 Å². The topological polar surface area (TPSA) is 55.2 Å². The molecule has 3 rings (SSSR count). The number of aromatic nitrogens is 2. The van der Waals surface area contributed by atoms with Gasteiger partial charge in [-0.25, -0.2) is 0 Å². The number of aliphatic hydroxyl groups is 1. The molecule has 2 heterocycles. The fraction of sp³-hybridized carbons (Fsp3) is 0.529. The van der Waals surface area contributed by atoms with Gasteiger partial charge >= 0.3 is 139 Å². The van der Waals surface area contributed by atoms with E-state index in [1.165, 1.54) is 12.8 Å². The van der Waals surface area contributed by atoms with Crippen LogP contribution in [0.4, 0.5) is 0 Å². The quantitative estimate of drug-likeness (QED) is 0.847. The first-order chi connectivity index (χ1) is 10.7. The van der Waals surface area contributed by atoms with Crippen molar-refractivity contribution in [3.8, 4) is 5.88 Å². The Morgan fingerprint density at radius 3 is 2.77 bits per heavy atom. The predicted molar refractivity (Wildman–Crippen MR) is 90.1 cm³/mol. The third-order valence-corrected chi connectivity index (χ3v) is 6.04. The number of rotatable bonds is 4. The number of aliphatic hydroxyl groups excluding tert-OH is 1. The Balaban J connectivity index is 1.80. The zero-order chi connectivity index (χ0) is 15.5. The third kappa shape index (κ3) is 3.44. The number of fused-ring (bicyclic) bond motifs is 1. The molecule has 0 aromatic carbocycles. The number of hydrogen-bond acceptors (Lipinski definition) is 4. The molecular weight excluding hydrogens is 339 g/mol. The van der Waals surface area contributed by atoms with Gasteiger partial charge in [-0.1, -0.05) is 0 Å². The number of pyridine rings is 2. The van der Waals surface area contributed by atoms with Crippen LogP contribution in [0.25, 0.3) is 11.0 Å². The van der Waals surface area contributed by atoms with Gasteiger partial charge in [0.25, 0.3) is 0 Å². The Morgan fingerprint density at radius 2 is 2.05 bits per heavy atom.